The van der Waals surface area contributed by atoms with E-state index in [4.69, 9.17) is 4.98 Å². The fourth-order valence-electron chi connectivity index (χ4n) is 3.60. The second kappa shape index (κ2) is 7.46. The van der Waals surface area contributed by atoms with Gasteiger partial charge in [0.1, 0.15) is 5.82 Å². The van der Waals surface area contributed by atoms with Gasteiger partial charge in [-0.3, -0.25) is 4.21 Å². The third-order valence-corrected chi connectivity index (χ3v) is 5.67. The maximum absolute atomic E-state index is 11.2. The van der Waals surface area contributed by atoms with E-state index in [0.717, 1.165) is 35.2 Å². The third kappa shape index (κ3) is 3.58. The van der Waals surface area contributed by atoms with Gasteiger partial charge in [0.05, 0.1) is 11.6 Å². The van der Waals surface area contributed by atoms with Gasteiger partial charge in [-0.15, -0.1) is 0 Å². The fourth-order valence-corrected chi connectivity index (χ4v) is 3.99. The van der Waals surface area contributed by atoms with Crippen LogP contribution in [0.4, 0.5) is 11.5 Å². The summed E-state index contributed by atoms with van der Waals surface area (Å²) >= 11 is 0. The van der Waals surface area contributed by atoms with Crippen molar-refractivity contribution < 1.29 is 4.21 Å². The Morgan fingerprint density at radius 1 is 1.12 bits per heavy atom. The second-order valence-corrected chi connectivity index (χ2v) is 8.26. The van der Waals surface area contributed by atoms with Crippen molar-refractivity contribution in [3.8, 4) is 0 Å². The SMILES string of the molecule is CS(=O)CCNc1cccc2nc(N[C@@H]3CCc4ccccc43)ccc12. The maximum atomic E-state index is 11.2. The Morgan fingerprint density at radius 2 is 2.00 bits per heavy atom. The third-order valence-electron chi connectivity index (χ3n) is 4.89. The van der Waals surface area contributed by atoms with Gasteiger partial charge in [0.2, 0.25) is 0 Å². The van der Waals surface area contributed by atoms with Gasteiger partial charge in [0.25, 0.3) is 0 Å². The molecule has 0 saturated heterocycles. The largest absolute Gasteiger partial charge is 0.384 e. The quantitative estimate of drug-likeness (QED) is 0.690. The average molecular weight is 366 g/mol. The van der Waals surface area contributed by atoms with E-state index in [-0.39, 0.29) is 0 Å². The van der Waals surface area contributed by atoms with Gasteiger partial charge in [0, 0.05) is 40.4 Å². The monoisotopic (exact) mass is 365 g/mol. The number of nitrogens with zero attached hydrogens (tertiary/aromatic N) is 1. The van der Waals surface area contributed by atoms with E-state index >= 15 is 0 Å². The van der Waals surface area contributed by atoms with Crippen LogP contribution < -0.4 is 10.6 Å². The van der Waals surface area contributed by atoms with Gasteiger partial charge in [-0.1, -0.05) is 30.3 Å². The number of fused-ring (bicyclic) bond motifs is 2. The van der Waals surface area contributed by atoms with E-state index in [1.165, 1.54) is 11.1 Å². The minimum atomic E-state index is -0.786. The van der Waals surface area contributed by atoms with Crippen molar-refractivity contribution in [1.29, 1.82) is 0 Å². The Bertz CT molecular complexity index is 957. The average Bonchev–Trinajstić information content (AvgIpc) is 3.04. The predicted octanol–water partition coefficient (Wildman–Crippen LogP) is 4.12. The molecule has 1 aliphatic rings. The van der Waals surface area contributed by atoms with Gasteiger partial charge in [0.15, 0.2) is 0 Å². The number of nitrogens with one attached hydrogen (secondary N) is 2. The van der Waals surface area contributed by atoms with E-state index in [1.807, 2.05) is 24.3 Å². The van der Waals surface area contributed by atoms with E-state index in [9.17, 15) is 4.21 Å². The minimum absolute atomic E-state index is 0.331. The van der Waals surface area contributed by atoms with E-state index in [0.29, 0.717) is 18.3 Å². The van der Waals surface area contributed by atoms with Crippen LogP contribution in [0.2, 0.25) is 0 Å². The lowest BCUT2D eigenvalue weighted by Crippen LogP contribution is -2.10. The molecule has 26 heavy (non-hydrogen) atoms. The van der Waals surface area contributed by atoms with Crippen LogP contribution in [0, 0.1) is 0 Å². The molecule has 1 heterocycles. The Hall–Kier alpha value is -2.40. The van der Waals surface area contributed by atoms with Crippen LogP contribution >= 0.6 is 0 Å². The first kappa shape index (κ1) is 17.0. The molecule has 2 N–H and O–H groups in total. The van der Waals surface area contributed by atoms with Crippen LogP contribution in [0.5, 0.6) is 0 Å². The number of benzene rings is 2. The molecule has 4 nitrogen and oxygen atoms in total. The first-order valence-electron chi connectivity index (χ1n) is 8.99. The summed E-state index contributed by atoms with van der Waals surface area (Å²) in [5.41, 5.74) is 4.82. The van der Waals surface area contributed by atoms with Gasteiger partial charge >= 0.3 is 0 Å². The topological polar surface area (TPSA) is 54.0 Å². The summed E-state index contributed by atoms with van der Waals surface area (Å²) in [7, 11) is -0.786. The molecule has 1 unspecified atom stereocenters. The van der Waals surface area contributed by atoms with Crippen LogP contribution in [0.3, 0.4) is 0 Å². The minimum Gasteiger partial charge on any atom is -0.384 e. The molecule has 4 rings (SSSR count). The molecule has 0 radical (unpaired) electrons. The zero-order valence-electron chi connectivity index (χ0n) is 14.9. The maximum Gasteiger partial charge on any atom is 0.127 e. The highest BCUT2D eigenvalue weighted by molar-refractivity contribution is 7.84. The summed E-state index contributed by atoms with van der Waals surface area (Å²) in [6.07, 6.45) is 3.95. The summed E-state index contributed by atoms with van der Waals surface area (Å²) in [5, 5.41) is 8.06. The first-order chi connectivity index (χ1) is 12.7. The van der Waals surface area contributed by atoms with Gasteiger partial charge < -0.3 is 10.6 Å². The van der Waals surface area contributed by atoms with Crippen molar-refractivity contribution in [1.82, 2.24) is 4.98 Å². The molecular weight excluding hydrogens is 342 g/mol. The molecular formula is C21H23N3OS. The Labute approximate surface area is 156 Å². The molecule has 0 amide bonds. The highest BCUT2D eigenvalue weighted by Gasteiger charge is 2.21. The highest BCUT2D eigenvalue weighted by atomic mass is 32.2. The molecule has 0 bridgehead atoms. The van der Waals surface area contributed by atoms with Crippen molar-refractivity contribution >= 4 is 33.2 Å². The molecule has 3 aromatic rings. The van der Waals surface area contributed by atoms with Gasteiger partial charge in [-0.05, 0) is 48.2 Å². The van der Waals surface area contributed by atoms with Gasteiger partial charge in [-0.25, -0.2) is 4.98 Å². The summed E-state index contributed by atoms with van der Waals surface area (Å²) in [6.45, 7) is 0.696. The molecule has 134 valence electrons. The van der Waals surface area contributed by atoms with Crippen LogP contribution in [-0.4, -0.2) is 27.7 Å². The second-order valence-electron chi connectivity index (χ2n) is 6.71. The molecule has 0 spiro atoms. The summed E-state index contributed by atoms with van der Waals surface area (Å²) in [5.74, 6) is 1.55. The predicted molar refractivity (Wildman–Crippen MR) is 110 cm³/mol. The molecule has 5 heteroatoms. The number of hydrogen-bond acceptors (Lipinski definition) is 4. The molecule has 1 aromatic heterocycles. The Kier molecular flexibility index (Phi) is 4.89. The lowest BCUT2D eigenvalue weighted by atomic mass is 10.1. The molecule has 0 fully saturated rings. The summed E-state index contributed by atoms with van der Waals surface area (Å²) in [6, 6.07) is 19.2. The number of anilines is 2. The number of pyridine rings is 1. The van der Waals surface area contributed by atoms with Crippen LogP contribution in [0.1, 0.15) is 23.6 Å². The highest BCUT2D eigenvalue weighted by Crippen LogP contribution is 2.33. The zero-order chi connectivity index (χ0) is 17.9. The number of aromatic nitrogens is 1. The van der Waals surface area contributed by atoms with E-state index in [1.54, 1.807) is 6.26 Å². The number of rotatable bonds is 6. The molecule has 2 aromatic carbocycles. The standard InChI is InChI=1S/C21H23N3OS/c1-26(25)14-13-22-18-7-4-8-19-17(18)10-12-21(23-19)24-20-11-9-15-5-2-3-6-16(15)20/h2-8,10,12,20,22H,9,11,13-14H2,1H3,(H,23,24)/t20-,26?/m1/s1. The van der Waals surface area contributed by atoms with Crippen molar-refractivity contribution in [3.05, 3.63) is 65.7 Å². The Morgan fingerprint density at radius 3 is 2.88 bits per heavy atom. The first-order valence-corrected chi connectivity index (χ1v) is 10.7. The number of hydrogen-bond donors (Lipinski definition) is 2. The van der Waals surface area contributed by atoms with Crippen molar-refractivity contribution in [2.75, 3.05) is 29.2 Å². The Balaban J connectivity index is 1.54. The lowest BCUT2D eigenvalue weighted by molar-refractivity contribution is 0.687. The normalized spacial score (nSPS) is 17.0. The molecule has 1 aliphatic carbocycles. The molecule has 0 aliphatic heterocycles. The molecule has 0 saturated carbocycles. The smallest absolute Gasteiger partial charge is 0.127 e. The van der Waals surface area contributed by atoms with Crippen LogP contribution in [-0.2, 0) is 17.2 Å². The zero-order valence-corrected chi connectivity index (χ0v) is 15.7. The van der Waals surface area contributed by atoms with Gasteiger partial charge in [-0.2, -0.15) is 0 Å². The molecule has 2 atom stereocenters. The van der Waals surface area contributed by atoms with Crippen molar-refractivity contribution in [3.63, 3.8) is 0 Å². The van der Waals surface area contributed by atoms with E-state index in [2.05, 4.69) is 41.0 Å². The van der Waals surface area contributed by atoms with Crippen molar-refractivity contribution in [2.45, 2.75) is 18.9 Å². The number of aryl methyl sites for hydroxylation is 1. The summed E-state index contributed by atoms with van der Waals surface area (Å²) in [4.78, 5) is 4.80. The summed E-state index contributed by atoms with van der Waals surface area (Å²) < 4.78 is 11.2. The lowest BCUT2D eigenvalue weighted by Gasteiger charge is -2.16. The van der Waals surface area contributed by atoms with E-state index < -0.39 is 10.8 Å². The fraction of sp³-hybridized carbons (Fsp3) is 0.286. The van der Waals surface area contributed by atoms with Crippen LogP contribution in [0.25, 0.3) is 10.9 Å². The van der Waals surface area contributed by atoms with Crippen LogP contribution in [0.15, 0.2) is 54.6 Å². The van der Waals surface area contributed by atoms with Crippen molar-refractivity contribution in [2.24, 2.45) is 0 Å².